The van der Waals surface area contributed by atoms with Crippen LogP contribution >= 0.6 is 0 Å². The third-order valence-electron chi connectivity index (χ3n) is 2.33. The molecule has 1 rings (SSSR count). The second-order valence-corrected chi connectivity index (χ2v) is 5.39. The molecule has 0 heterocycles. The summed E-state index contributed by atoms with van der Waals surface area (Å²) in [7, 11) is -1.90. The monoisotopic (exact) mass is 273 g/mol. The molecule has 0 aliphatic carbocycles. The Labute approximate surface area is 108 Å². The normalized spacial score (nSPS) is 11.4. The van der Waals surface area contributed by atoms with Crippen LogP contribution in [0.15, 0.2) is 29.2 Å². The van der Waals surface area contributed by atoms with E-state index in [1.165, 1.54) is 19.2 Å². The highest BCUT2D eigenvalue weighted by atomic mass is 32.2. The van der Waals surface area contributed by atoms with E-state index in [9.17, 15) is 8.42 Å². The molecule has 0 aliphatic heterocycles. The predicted molar refractivity (Wildman–Crippen MR) is 69.3 cm³/mol. The standard InChI is InChI=1S/C12H19NO4S/c1-3-17-10-4-9-13-18(14,15)12-7-5-11(16-2)6-8-12/h5-8,13H,3-4,9-10H2,1-2H3. The second kappa shape index (κ2) is 7.35. The zero-order valence-corrected chi connectivity index (χ0v) is 11.5. The van der Waals surface area contributed by atoms with Gasteiger partial charge in [0.15, 0.2) is 0 Å². The van der Waals surface area contributed by atoms with Gasteiger partial charge in [0, 0.05) is 19.8 Å². The molecule has 1 N–H and O–H groups in total. The van der Waals surface area contributed by atoms with Gasteiger partial charge in [-0.15, -0.1) is 0 Å². The van der Waals surface area contributed by atoms with Crippen molar-refractivity contribution in [1.82, 2.24) is 4.72 Å². The average Bonchev–Trinajstić information content (AvgIpc) is 2.38. The van der Waals surface area contributed by atoms with Gasteiger partial charge >= 0.3 is 0 Å². The maximum atomic E-state index is 11.9. The van der Waals surface area contributed by atoms with Crippen molar-refractivity contribution in [2.24, 2.45) is 0 Å². The van der Waals surface area contributed by atoms with Crippen LogP contribution in [0.1, 0.15) is 13.3 Å². The minimum atomic E-state index is -3.43. The number of nitrogens with one attached hydrogen (secondary N) is 1. The van der Waals surface area contributed by atoms with Gasteiger partial charge in [-0.25, -0.2) is 13.1 Å². The van der Waals surface area contributed by atoms with E-state index < -0.39 is 10.0 Å². The molecule has 0 aliphatic rings. The Balaban J connectivity index is 2.51. The lowest BCUT2D eigenvalue weighted by molar-refractivity contribution is 0.146. The van der Waals surface area contributed by atoms with Crippen molar-refractivity contribution in [1.29, 1.82) is 0 Å². The van der Waals surface area contributed by atoms with E-state index in [1.807, 2.05) is 6.92 Å². The van der Waals surface area contributed by atoms with Crippen LogP contribution in [-0.2, 0) is 14.8 Å². The molecule has 6 heteroatoms. The van der Waals surface area contributed by atoms with Gasteiger partial charge < -0.3 is 9.47 Å². The number of hydrogen-bond donors (Lipinski definition) is 1. The molecule has 1 aromatic carbocycles. The summed E-state index contributed by atoms with van der Waals surface area (Å²) in [5.41, 5.74) is 0. The van der Waals surface area contributed by atoms with Crippen molar-refractivity contribution in [3.63, 3.8) is 0 Å². The molecule has 0 atom stereocenters. The Morgan fingerprint density at radius 1 is 1.22 bits per heavy atom. The van der Waals surface area contributed by atoms with E-state index in [1.54, 1.807) is 12.1 Å². The highest BCUT2D eigenvalue weighted by Crippen LogP contribution is 2.15. The predicted octanol–water partition coefficient (Wildman–Crippen LogP) is 1.40. The van der Waals surface area contributed by atoms with Crippen molar-refractivity contribution in [3.8, 4) is 5.75 Å². The Morgan fingerprint density at radius 3 is 2.44 bits per heavy atom. The molecule has 0 aromatic heterocycles. The van der Waals surface area contributed by atoms with E-state index in [4.69, 9.17) is 9.47 Å². The van der Waals surface area contributed by atoms with Crippen LogP contribution < -0.4 is 9.46 Å². The topological polar surface area (TPSA) is 64.6 Å². The zero-order chi connectivity index (χ0) is 13.4. The first-order valence-corrected chi connectivity index (χ1v) is 7.30. The highest BCUT2D eigenvalue weighted by molar-refractivity contribution is 7.89. The summed E-state index contributed by atoms with van der Waals surface area (Å²) in [5, 5.41) is 0. The first-order valence-electron chi connectivity index (χ1n) is 5.81. The van der Waals surface area contributed by atoms with E-state index in [-0.39, 0.29) is 4.90 Å². The first kappa shape index (κ1) is 14.9. The number of hydrogen-bond acceptors (Lipinski definition) is 4. The molecule has 0 saturated heterocycles. The van der Waals surface area contributed by atoms with E-state index in [2.05, 4.69) is 4.72 Å². The number of methoxy groups -OCH3 is 1. The first-order chi connectivity index (χ1) is 8.60. The van der Waals surface area contributed by atoms with E-state index in [0.29, 0.717) is 31.9 Å². The van der Waals surface area contributed by atoms with Crippen molar-refractivity contribution in [3.05, 3.63) is 24.3 Å². The molecule has 0 radical (unpaired) electrons. The Morgan fingerprint density at radius 2 is 1.89 bits per heavy atom. The van der Waals surface area contributed by atoms with Gasteiger partial charge in [-0.2, -0.15) is 0 Å². The van der Waals surface area contributed by atoms with Crippen LogP contribution in [-0.4, -0.2) is 35.3 Å². The maximum absolute atomic E-state index is 11.9. The molecule has 0 bridgehead atoms. The van der Waals surface area contributed by atoms with Crippen LogP contribution in [0, 0.1) is 0 Å². The molecule has 0 unspecified atom stereocenters. The smallest absolute Gasteiger partial charge is 0.240 e. The van der Waals surface area contributed by atoms with E-state index >= 15 is 0 Å². The lowest BCUT2D eigenvalue weighted by atomic mass is 10.3. The fraction of sp³-hybridized carbons (Fsp3) is 0.500. The van der Waals surface area contributed by atoms with Crippen molar-refractivity contribution >= 4 is 10.0 Å². The third-order valence-corrected chi connectivity index (χ3v) is 3.81. The minimum absolute atomic E-state index is 0.236. The Kier molecular flexibility index (Phi) is 6.11. The molecule has 18 heavy (non-hydrogen) atoms. The molecule has 0 amide bonds. The molecule has 0 fully saturated rings. The number of ether oxygens (including phenoxy) is 2. The highest BCUT2D eigenvalue weighted by Gasteiger charge is 2.12. The van der Waals surface area contributed by atoms with Crippen molar-refractivity contribution < 1.29 is 17.9 Å². The molecular formula is C12H19NO4S. The van der Waals surface area contributed by atoms with Crippen molar-refractivity contribution in [2.45, 2.75) is 18.2 Å². The second-order valence-electron chi connectivity index (χ2n) is 3.62. The quantitative estimate of drug-likeness (QED) is 0.727. The number of rotatable bonds is 8. The summed E-state index contributed by atoms with van der Waals surface area (Å²) in [6.45, 7) is 3.47. The zero-order valence-electron chi connectivity index (χ0n) is 10.7. The van der Waals surface area contributed by atoms with Gasteiger partial charge in [0.1, 0.15) is 5.75 Å². The molecular weight excluding hydrogens is 254 g/mol. The van der Waals surface area contributed by atoms with Gasteiger partial charge in [-0.1, -0.05) is 0 Å². The molecule has 0 spiro atoms. The third kappa shape index (κ3) is 4.64. The van der Waals surface area contributed by atoms with Crippen LogP contribution in [0.4, 0.5) is 0 Å². The van der Waals surface area contributed by atoms with Crippen LogP contribution in [0.5, 0.6) is 5.75 Å². The van der Waals surface area contributed by atoms with E-state index in [0.717, 1.165) is 0 Å². The summed E-state index contributed by atoms with van der Waals surface area (Å²) in [5.74, 6) is 0.630. The average molecular weight is 273 g/mol. The summed E-state index contributed by atoms with van der Waals surface area (Å²) in [4.78, 5) is 0.236. The Hall–Kier alpha value is -1.11. The molecule has 5 nitrogen and oxygen atoms in total. The van der Waals surface area contributed by atoms with Crippen LogP contribution in [0.25, 0.3) is 0 Å². The fourth-order valence-corrected chi connectivity index (χ4v) is 2.44. The summed E-state index contributed by atoms with van der Waals surface area (Å²) in [6, 6.07) is 6.27. The molecule has 1 aromatic rings. The van der Waals surface area contributed by atoms with Crippen molar-refractivity contribution in [2.75, 3.05) is 26.9 Å². The summed E-state index contributed by atoms with van der Waals surface area (Å²) >= 11 is 0. The largest absolute Gasteiger partial charge is 0.497 e. The summed E-state index contributed by atoms with van der Waals surface area (Å²) in [6.07, 6.45) is 0.656. The lowest BCUT2D eigenvalue weighted by Crippen LogP contribution is -2.25. The van der Waals surface area contributed by atoms with Gasteiger partial charge in [-0.05, 0) is 37.6 Å². The van der Waals surface area contributed by atoms with Gasteiger partial charge in [0.05, 0.1) is 12.0 Å². The molecule has 102 valence electrons. The number of benzene rings is 1. The fourth-order valence-electron chi connectivity index (χ4n) is 1.36. The lowest BCUT2D eigenvalue weighted by Gasteiger charge is -2.07. The molecule has 0 saturated carbocycles. The van der Waals surface area contributed by atoms with Gasteiger partial charge in [0.2, 0.25) is 10.0 Å². The SMILES string of the molecule is CCOCCCNS(=O)(=O)c1ccc(OC)cc1. The summed E-state index contributed by atoms with van der Waals surface area (Å²) < 4.78 is 36.4. The maximum Gasteiger partial charge on any atom is 0.240 e. The van der Waals surface area contributed by atoms with Crippen LogP contribution in [0.3, 0.4) is 0 Å². The van der Waals surface area contributed by atoms with Crippen LogP contribution in [0.2, 0.25) is 0 Å². The van der Waals surface area contributed by atoms with Gasteiger partial charge in [0.25, 0.3) is 0 Å². The Bertz CT molecular complexity index is 442. The number of sulfonamides is 1. The van der Waals surface area contributed by atoms with Gasteiger partial charge in [-0.3, -0.25) is 0 Å². The minimum Gasteiger partial charge on any atom is -0.497 e.